The first-order chi connectivity index (χ1) is 9.81. The predicted octanol–water partition coefficient (Wildman–Crippen LogP) is 3.02. The van der Waals surface area contributed by atoms with Crippen LogP contribution in [0.3, 0.4) is 0 Å². The lowest BCUT2D eigenvalue weighted by molar-refractivity contribution is 0.118. The molecule has 0 radical (unpaired) electrons. The topological polar surface area (TPSA) is 46.0 Å². The smallest absolute Gasteiger partial charge is 0.177 e. The lowest BCUT2D eigenvalue weighted by Gasteiger charge is -2.15. The van der Waals surface area contributed by atoms with Crippen LogP contribution in [0.5, 0.6) is 0 Å². The van der Waals surface area contributed by atoms with Crippen molar-refractivity contribution in [2.75, 3.05) is 18.9 Å². The summed E-state index contributed by atoms with van der Waals surface area (Å²) < 4.78 is 6.63. The van der Waals surface area contributed by atoms with Crippen molar-refractivity contribution in [3.8, 4) is 0 Å². The fraction of sp³-hybridized carbons (Fsp3) is 0.429. The second-order valence-electron chi connectivity index (χ2n) is 4.75. The largest absolute Gasteiger partial charge is 0.376 e. The number of nitrogens with one attached hydrogen (secondary N) is 1. The average molecular weight is 354 g/mol. The van der Waals surface area contributed by atoms with E-state index in [2.05, 4.69) is 43.6 Å². The predicted molar refractivity (Wildman–Crippen MR) is 87.5 cm³/mol. The monoisotopic (exact) mass is 353 g/mol. The van der Waals surface area contributed by atoms with E-state index in [1.54, 1.807) is 11.8 Å². The molecule has 0 unspecified atom stereocenters. The van der Waals surface area contributed by atoms with Gasteiger partial charge in [-0.3, -0.25) is 10.4 Å². The second kappa shape index (κ2) is 6.74. The molecule has 0 bridgehead atoms. The second-order valence-corrected chi connectivity index (χ2v) is 6.63. The zero-order valence-corrected chi connectivity index (χ0v) is 13.4. The summed E-state index contributed by atoms with van der Waals surface area (Å²) in [5.41, 5.74) is 5.23. The fourth-order valence-corrected chi connectivity index (χ4v) is 3.37. The summed E-state index contributed by atoms with van der Waals surface area (Å²) in [5.74, 6) is 0.841. The number of hydrogen-bond donors (Lipinski definition) is 1. The summed E-state index contributed by atoms with van der Waals surface area (Å²) in [6, 6.07) is 8.19. The van der Waals surface area contributed by atoms with Crippen LogP contribution in [0.2, 0.25) is 0 Å². The molecule has 2 aliphatic rings. The molecule has 3 rings (SSSR count). The van der Waals surface area contributed by atoms with Crippen LogP contribution in [0.4, 0.5) is 0 Å². The maximum absolute atomic E-state index is 5.56. The van der Waals surface area contributed by atoms with Crippen molar-refractivity contribution in [3.05, 3.63) is 34.3 Å². The lowest BCUT2D eigenvalue weighted by Crippen LogP contribution is -2.26. The van der Waals surface area contributed by atoms with E-state index in [0.717, 1.165) is 52.7 Å². The summed E-state index contributed by atoms with van der Waals surface area (Å²) in [4.78, 5) is 4.54. The zero-order valence-electron chi connectivity index (χ0n) is 11.0. The molecular formula is C14H16BrN3OS. The number of amidine groups is 1. The molecule has 0 aliphatic carbocycles. The highest BCUT2D eigenvalue weighted by Crippen LogP contribution is 2.18. The zero-order chi connectivity index (χ0) is 13.8. The Bertz CT molecular complexity index is 541. The van der Waals surface area contributed by atoms with Crippen LogP contribution in [0.25, 0.3) is 0 Å². The van der Waals surface area contributed by atoms with E-state index in [0.29, 0.717) is 6.10 Å². The fourth-order valence-electron chi connectivity index (χ4n) is 2.19. The number of aliphatic imine (C=N–C) groups is 1. The van der Waals surface area contributed by atoms with Gasteiger partial charge in [0.25, 0.3) is 0 Å². The van der Waals surface area contributed by atoms with Crippen molar-refractivity contribution >= 4 is 38.6 Å². The van der Waals surface area contributed by atoms with Gasteiger partial charge in [0.1, 0.15) is 0 Å². The Labute approximate surface area is 131 Å². The van der Waals surface area contributed by atoms with Gasteiger partial charge in [-0.05, 0) is 30.5 Å². The van der Waals surface area contributed by atoms with Crippen molar-refractivity contribution in [2.45, 2.75) is 18.9 Å². The van der Waals surface area contributed by atoms with Crippen LogP contribution in [-0.4, -0.2) is 35.9 Å². The number of halogens is 1. The number of hydrogen-bond acceptors (Lipinski definition) is 4. The van der Waals surface area contributed by atoms with Crippen molar-refractivity contribution < 1.29 is 4.74 Å². The molecule has 0 saturated carbocycles. The molecule has 1 aromatic rings. The molecule has 0 aromatic heterocycles. The number of nitrogens with zero attached hydrogens (tertiary/aromatic N) is 2. The van der Waals surface area contributed by atoms with Crippen molar-refractivity contribution in [1.29, 1.82) is 0 Å². The minimum absolute atomic E-state index is 0.292. The van der Waals surface area contributed by atoms with Crippen molar-refractivity contribution in [3.63, 3.8) is 0 Å². The van der Waals surface area contributed by atoms with Gasteiger partial charge in [-0.15, -0.1) is 0 Å². The van der Waals surface area contributed by atoms with Crippen LogP contribution < -0.4 is 5.43 Å². The molecule has 0 amide bonds. The summed E-state index contributed by atoms with van der Waals surface area (Å²) >= 11 is 5.18. The molecule has 1 atom stereocenters. The first-order valence-electron chi connectivity index (χ1n) is 6.68. The van der Waals surface area contributed by atoms with E-state index in [4.69, 9.17) is 4.74 Å². The van der Waals surface area contributed by atoms with E-state index in [1.165, 1.54) is 0 Å². The van der Waals surface area contributed by atoms with Crippen LogP contribution in [0, 0.1) is 0 Å². The normalized spacial score (nSPS) is 24.6. The number of thioether (sulfide) groups is 1. The van der Waals surface area contributed by atoms with Gasteiger partial charge >= 0.3 is 0 Å². The number of hydrazone groups is 1. The third kappa shape index (κ3) is 3.62. The standard InChI is InChI=1S/C14H16BrN3OS/c15-11-4-1-3-10(7-11)13-9-20-14(18-17-13)16-8-12-5-2-6-19-12/h1,3-4,7,12H,2,5-6,8-9H2,(H,16,18)/t12-/m1/s1. The summed E-state index contributed by atoms with van der Waals surface area (Å²) in [6.07, 6.45) is 2.57. The van der Waals surface area contributed by atoms with Gasteiger partial charge in [0.15, 0.2) is 5.17 Å². The van der Waals surface area contributed by atoms with E-state index >= 15 is 0 Å². The molecule has 1 fully saturated rings. The number of ether oxygens (including phenoxy) is 1. The van der Waals surface area contributed by atoms with E-state index in [9.17, 15) is 0 Å². The summed E-state index contributed by atoms with van der Waals surface area (Å²) in [5, 5.41) is 5.31. The minimum Gasteiger partial charge on any atom is -0.376 e. The van der Waals surface area contributed by atoms with Crippen LogP contribution in [0.1, 0.15) is 18.4 Å². The van der Waals surface area contributed by atoms with Gasteiger partial charge in [-0.2, -0.15) is 5.10 Å². The maximum Gasteiger partial charge on any atom is 0.177 e. The van der Waals surface area contributed by atoms with E-state index in [1.807, 2.05) is 12.1 Å². The van der Waals surface area contributed by atoms with E-state index in [-0.39, 0.29) is 0 Å². The third-order valence-electron chi connectivity index (χ3n) is 3.25. The third-order valence-corrected chi connectivity index (χ3v) is 4.66. The van der Waals surface area contributed by atoms with Crippen molar-refractivity contribution in [1.82, 2.24) is 5.43 Å². The molecule has 2 aliphatic heterocycles. The first-order valence-corrected chi connectivity index (χ1v) is 8.46. The van der Waals surface area contributed by atoms with Crippen molar-refractivity contribution in [2.24, 2.45) is 10.1 Å². The number of benzene rings is 1. The minimum atomic E-state index is 0.292. The number of rotatable bonds is 3. The SMILES string of the molecule is Brc1cccc(C2=NNC(=NC[C@H]3CCCO3)SC2)c1. The highest BCUT2D eigenvalue weighted by Gasteiger charge is 2.17. The summed E-state index contributed by atoms with van der Waals surface area (Å²) in [6.45, 7) is 1.61. The maximum atomic E-state index is 5.56. The highest BCUT2D eigenvalue weighted by molar-refractivity contribution is 9.10. The van der Waals surface area contributed by atoms with E-state index < -0.39 is 0 Å². The van der Waals surface area contributed by atoms with Gasteiger partial charge in [-0.25, -0.2) is 0 Å². The van der Waals surface area contributed by atoms with Gasteiger partial charge < -0.3 is 4.74 Å². The molecule has 1 aromatic carbocycles. The molecule has 2 heterocycles. The molecular weight excluding hydrogens is 338 g/mol. The molecule has 20 heavy (non-hydrogen) atoms. The Morgan fingerprint density at radius 2 is 2.45 bits per heavy atom. The Morgan fingerprint density at radius 3 is 3.15 bits per heavy atom. The Kier molecular flexibility index (Phi) is 4.75. The Hall–Kier alpha value is -0.850. The Morgan fingerprint density at radius 1 is 1.50 bits per heavy atom. The van der Waals surface area contributed by atoms with Gasteiger partial charge in [0.2, 0.25) is 0 Å². The van der Waals surface area contributed by atoms with Crippen LogP contribution in [0.15, 0.2) is 38.8 Å². The average Bonchev–Trinajstić information content (AvgIpc) is 2.99. The van der Waals surface area contributed by atoms with Crippen LogP contribution >= 0.6 is 27.7 Å². The molecule has 1 saturated heterocycles. The molecule has 1 N–H and O–H groups in total. The molecule has 6 heteroatoms. The Balaban J connectivity index is 1.61. The molecule has 0 spiro atoms. The van der Waals surface area contributed by atoms with Crippen LogP contribution in [-0.2, 0) is 4.74 Å². The summed E-state index contributed by atoms with van der Waals surface area (Å²) in [7, 11) is 0. The highest BCUT2D eigenvalue weighted by atomic mass is 79.9. The lowest BCUT2D eigenvalue weighted by atomic mass is 10.1. The molecule has 4 nitrogen and oxygen atoms in total. The van der Waals surface area contributed by atoms with Gasteiger partial charge in [0, 0.05) is 16.8 Å². The van der Waals surface area contributed by atoms with Gasteiger partial charge in [-0.1, -0.05) is 39.8 Å². The molecule has 106 valence electrons. The van der Waals surface area contributed by atoms with Gasteiger partial charge in [0.05, 0.1) is 18.4 Å². The quantitative estimate of drug-likeness (QED) is 0.908. The first kappa shape index (κ1) is 14.1.